The molecule has 0 saturated carbocycles. The van der Waals surface area contributed by atoms with Crippen LogP contribution in [0.25, 0.3) is 0 Å². The fourth-order valence-electron chi connectivity index (χ4n) is 3.47. The largest absolute Gasteiger partial charge is 0.508 e. The maximum Gasteiger partial charge on any atom is 0.318 e. The number of phenolic OH excluding ortho intramolecular Hbond substituents is 2. The van der Waals surface area contributed by atoms with E-state index in [9.17, 15) is 20.1 Å². The van der Waals surface area contributed by atoms with Crippen LogP contribution in [0, 0.1) is 0 Å². The number of carboxylic acid groups (broad SMARTS) is 1. The molecule has 4 heteroatoms. The highest BCUT2D eigenvalue weighted by Gasteiger charge is 2.41. The molecule has 0 saturated heterocycles. The lowest BCUT2D eigenvalue weighted by atomic mass is 9.71. The molecule has 0 spiro atoms. The van der Waals surface area contributed by atoms with Crippen molar-refractivity contribution >= 4 is 5.97 Å². The monoisotopic (exact) mass is 356 g/mol. The van der Waals surface area contributed by atoms with Crippen LogP contribution in [0.2, 0.25) is 0 Å². The highest BCUT2D eigenvalue weighted by Crippen LogP contribution is 2.39. The van der Waals surface area contributed by atoms with Crippen molar-refractivity contribution < 1.29 is 20.1 Å². The van der Waals surface area contributed by atoms with E-state index < -0.39 is 11.4 Å². The molecule has 0 fully saturated rings. The molecule has 0 amide bonds. The van der Waals surface area contributed by atoms with E-state index in [2.05, 4.69) is 6.92 Å². The Kier molecular flexibility index (Phi) is 7.07. The molecule has 2 rings (SSSR count). The Morgan fingerprint density at radius 1 is 0.769 bits per heavy atom. The minimum absolute atomic E-state index is 0.110. The molecule has 0 unspecified atom stereocenters. The molecule has 4 nitrogen and oxygen atoms in total. The Morgan fingerprint density at radius 3 is 1.62 bits per heavy atom. The Balaban J connectivity index is 2.33. The van der Waals surface area contributed by atoms with Crippen LogP contribution in [-0.4, -0.2) is 21.3 Å². The molecule has 140 valence electrons. The zero-order valence-electron chi connectivity index (χ0n) is 15.3. The van der Waals surface area contributed by atoms with Gasteiger partial charge in [-0.3, -0.25) is 4.79 Å². The highest BCUT2D eigenvalue weighted by molar-refractivity contribution is 5.86. The lowest BCUT2D eigenvalue weighted by molar-refractivity contribution is -0.142. The fourth-order valence-corrected chi connectivity index (χ4v) is 3.47. The molecular formula is C22H28O4. The Hall–Kier alpha value is -2.49. The summed E-state index contributed by atoms with van der Waals surface area (Å²) in [5, 5.41) is 29.4. The normalized spacial score (nSPS) is 11.4. The van der Waals surface area contributed by atoms with Crippen LogP contribution in [0.15, 0.2) is 48.5 Å². The van der Waals surface area contributed by atoms with Gasteiger partial charge in [0.1, 0.15) is 16.9 Å². The number of hydrogen-bond acceptors (Lipinski definition) is 3. The average Bonchev–Trinajstić information content (AvgIpc) is 2.63. The second-order valence-electron chi connectivity index (χ2n) is 6.82. The van der Waals surface area contributed by atoms with Gasteiger partial charge in [-0.05, 0) is 41.8 Å². The number of phenols is 2. The van der Waals surface area contributed by atoms with Crippen molar-refractivity contribution in [2.75, 3.05) is 0 Å². The second-order valence-corrected chi connectivity index (χ2v) is 6.82. The third-order valence-corrected chi connectivity index (χ3v) is 4.99. The Morgan fingerprint density at radius 2 is 1.19 bits per heavy atom. The van der Waals surface area contributed by atoms with E-state index >= 15 is 0 Å². The molecule has 2 aromatic carbocycles. The molecule has 26 heavy (non-hydrogen) atoms. The van der Waals surface area contributed by atoms with Crippen molar-refractivity contribution in [1.29, 1.82) is 0 Å². The summed E-state index contributed by atoms with van der Waals surface area (Å²) in [4.78, 5) is 12.4. The summed E-state index contributed by atoms with van der Waals surface area (Å²) < 4.78 is 0. The maximum absolute atomic E-state index is 12.4. The summed E-state index contributed by atoms with van der Waals surface area (Å²) >= 11 is 0. The van der Waals surface area contributed by atoms with E-state index in [-0.39, 0.29) is 11.5 Å². The van der Waals surface area contributed by atoms with Crippen LogP contribution in [0.4, 0.5) is 0 Å². The van der Waals surface area contributed by atoms with E-state index in [1.807, 2.05) is 0 Å². The number of unbranched alkanes of at least 4 members (excludes halogenated alkanes) is 5. The van der Waals surface area contributed by atoms with Gasteiger partial charge in [0, 0.05) is 0 Å². The third kappa shape index (κ3) is 4.57. The standard InChI is InChI=1S/C22H28O4/c1-2-3-4-5-6-7-16-22(21(25)26,17-8-12-19(23)13-9-17)18-10-14-20(24)15-11-18/h8-15,23-24H,2-7,16H2,1H3,(H,25,26). The average molecular weight is 356 g/mol. The van der Waals surface area contributed by atoms with Gasteiger partial charge in [0.2, 0.25) is 0 Å². The summed E-state index contributed by atoms with van der Waals surface area (Å²) in [6, 6.07) is 12.8. The van der Waals surface area contributed by atoms with E-state index in [4.69, 9.17) is 0 Å². The van der Waals surface area contributed by atoms with E-state index in [0.717, 1.165) is 19.3 Å². The summed E-state index contributed by atoms with van der Waals surface area (Å²) in [6.07, 6.45) is 6.94. The van der Waals surface area contributed by atoms with Gasteiger partial charge in [-0.15, -0.1) is 0 Å². The van der Waals surface area contributed by atoms with Crippen molar-refractivity contribution in [1.82, 2.24) is 0 Å². The van der Waals surface area contributed by atoms with Gasteiger partial charge in [-0.1, -0.05) is 69.7 Å². The molecule has 0 radical (unpaired) electrons. The zero-order valence-corrected chi connectivity index (χ0v) is 15.3. The summed E-state index contributed by atoms with van der Waals surface area (Å²) in [5.41, 5.74) is 0.0932. The number of aromatic hydroxyl groups is 2. The molecule has 0 atom stereocenters. The van der Waals surface area contributed by atoms with Crippen molar-refractivity contribution in [3.05, 3.63) is 59.7 Å². The quantitative estimate of drug-likeness (QED) is 0.510. The molecule has 2 aromatic rings. The minimum atomic E-state index is -1.19. The molecule has 0 heterocycles. The van der Waals surface area contributed by atoms with Gasteiger partial charge in [-0.2, -0.15) is 0 Å². The first kappa shape index (κ1) is 19.8. The second kappa shape index (κ2) is 9.27. The molecular weight excluding hydrogens is 328 g/mol. The Bertz CT molecular complexity index is 644. The van der Waals surface area contributed by atoms with E-state index in [1.165, 1.54) is 43.5 Å². The number of carbonyl (C=O) groups is 1. The fraction of sp³-hybridized carbons (Fsp3) is 0.409. The molecule has 0 aliphatic heterocycles. The lowest BCUT2D eigenvalue weighted by Crippen LogP contribution is -2.37. The van der Waals surface area contributed by atoms with Crippen LogP contribution in [0.3, 0.4) is 0 Å². The van der Waals surface area contributed by atoms with Crippen molar-refractivity contribution in [3.8, 4) is 11.5 Å². The Labute approximate surface area is 155 Å². The van der Waals surface area contributed by atoms with Crippen molar-refractivity contribution in [2.24, 2.45) is 0 Å². The van der Waals surface area contributed by atoms with Crippen LogP contribution >= 0.6 is 0 Å². The van der Waals surface area contributed by atoms with Crippen molar-refractivity contribution in [2.45, 2.75) is 57.3 Å². The number of rotatable bonds is 10. The summed E-state index contributed by atoms with van der Waals surface area (Å²) in [7, 11) is 0. The van der Waals surface area contributed by atoms with Gasteiger partial charge in [0.25, 0.3) is 0 Å². The van der Waals surface area contributed by atoms with E-state index in [1.54, 1.807) is 24.3 Å². The van der Waals surface area contributed by atoms with Crippen LogP contribution in [-0.2, 0) is 10.2 Å². The van der Waals surface area contributed by atoms with E-state index in [0.29, 0.717) is 17.5 Å². The predicted molar refractivity (Wildman–Crippen MR) is 103 cm³/mol. The molecule has 0 aliphatic rings. The lowest BCUT2D eigenvalue weighted by Gasteiger charge is -2.31. The smallest absolute Gasteiger partial charge is 0.318 e. The van der Waals surface area contributed by atoms with Gasteiger partial charge in [0.05, 0.1) is 0 Å². The first-order valence-corrected chi connectivity index (χ1v) is 9.33. The summed E-state index contributed by atoms with van der Waals surface area (Å²) in [6.45, 7) is 2.17. The SMILES string of the molecule is CCCCCCCCC(C(=O)O)(c1ccc(O)cc1)c1ccc(O)cc1. The molecule has 0 bridgehead atoms. The first-order chi connectivity index (χ1) is 12.5. The zero-order chi connectivity index (χ0) is 19.0. The number of carboxylic acids is 1. The minimum Gasteiger partial charge on any atom is -0.508 e. The van der Waals surface area contributed by atoms with Gasteiger partial charge < -0.3 is 15.3 Å². The number of benzene rings is 2. The maximum atomic E-state index is 12.4. The van der Waals surface area contributed by atoms with Gasteiger partial charge in [-0.25, -0.2) is 0 Å². The van der Waals surface area contributed by atoms with Crippen LogP contribution in [0.1, 0.15) is 63.0 Å². The molecule has 3 N–H and O–H groups in total. The molecule has 0 aliphatic carbocycles. The van der Waals surface area contributed by atoms with Gasteiger partial charge in [0.15, 0.2) is 0 Å². The number of hydrogen-bond donors (Lipinski definition) is 3. The topological polar surface area (TPSA) is 77.8 Å². The van der Waals surface area contributed by atoms with Crippen molar-refractivity contribution in [3.63, 3.8) is 0 Å². The van der Waals surface area contributed by atoms with Gasteiger partial charge >= 0.3 is 5.97 Å². The number of aliphatic carboxylic acids is 1. The predicted octanol–water partition coefficient (Wildman–Crippen LogP) is 5.22. The first-order valence-electron chi connectivity index (χ1n) is 9.33. The highest BCUT2D eigenvalue weighted by atomic mass is 16.4. The van der Waals surface area contributed by atoms with Crippen LogP contribution < -0.4 is 0 Å². The molecule has 0 aromatic heterocycles. The summed E-state index contributed by atoms with van der Waals surface area (Å²) in [5.74, 6) is -0.695. The van der Waals surface area contributed by atoms with Crippen LogP contribution in [0.5, 0.6) is 11.5 Å². The third-order valence-electron chi connectivity index (χ3n) is 4.99.